The molecule has 0 saturated heterocycles. The van der Waals surface area contributed by atoms with Gasteiger partial charge in [-0.1, -0.05) is 114 Å². The smallest absolute Gasteiger partial charge is 0.162 e. The van der Waals surface area contributed by atoms with E-state index in [1.807, 2.05) is 51.3 Å². The van der Waals surface area contributed by atoms with Crippen molar-refractivity contribution in [3.63, 3.8) is 0 Å². The molecule has 7 aromatic rings. The molecule has 0 saturated carbocycles. The maximum absolute atomic E-state index is 11.7. The molecule has 54 heavy (non-hydrogen) atoms. The molecule has 1 radical (unpaired) electrons. The van der Waals surface area contributed by atoms with Crippen LogP contribution in [0.2, 0.25) is 0 Å². The first-order chi connectivity index (χ1) is 25.5. The van der Waals surface area contributed by atoms with Gasteiger partial charge >= 0.3 is 0 Å². The Labute approximate surface area is 338 Å². The van der Waals surface area contributed by atoms with Gasteiger partial charge in [-0.15, -0.1) is 29.5 Å². The van der Waals surface area contributed by atoms with Crippen LogP contribution in [-0.4, -0.2) is 15.9 Å². The molecule has 0 aliphatic rings. The van der Waals surface area contributed by atoms with Gasteiger partial charge < -0.3 is 14.5 Å². The summed E-state index contributed by atoms with van der Waals surface area (Å²) in [5, 5.41) is 15.7. The topological polar surface area (TPSA) is 63.3 Å². The number of carbonyl (C=O) groups excluding carboxylic acids is 1. The van der Waals surface area contributed by atoms with Crippen molar-refractivity contribution < 1.29 is 34.4 Å². The molecule has 7 rings (SSSR count). The summed E-state index contributed by atoms with van der Waals surface area (Å²) in [6.45, 7) is 17.1. The average Bonchev–Trinajstić information content (AvgIpc) is 3.70. The zero-order chi connectivity index (χ0) is 37.9. The molecule has 0 spiro atoms. The molecule has 0 bridgehead atoms. The molecule has 0 fully saturated rings. The normalized spacial score (nSPS) is 12.1. The van der Waals surface area contributed by atoms with Crippen molar-refractivity contribution in [1.82, 2.24) is 4.98 Å². The van der Waals surface area contributed by atoms with E-state index in [-0.39, 0.29) is 48.9 Å². The third kappa shape index (κ3) is 8.57. The van der Waals surface area contributed by atoms with Gasteiger partial charge in [-0.25, -0.2) is 0 Å². The predicted molar refractivity (Wildman–Crippen MR) is 226 cm³/mol. The molecule has 3 aromatic heterocycles. The first-order valence-electron chi connectivity index (χ1n) is 19.1. The van der Waals surface area contributed by atoms with Crippen molar-refractivity contribution in [2.75, 3.05) is 0 Å². The van der Waals surface area contributed by atoms with Crippen LogP contribution in [-0.2, 0) is 31.3 Å². The van der Waals surface area contributed by atoms with Crippen LogP contribution < -0.4 is 0 Å². The number of pyridine rings is 1. The fourth-order valence-corrected chi connectivity index (χ4v) is 8.76. The fraction of sp³-hybridized carbons (Fsp3) is 0.333. The Hall–Kier alpha value is -4.09. The molecule has 4 nitrogen and oxygen atoms in total. The van der Waals surface area contributed by atoms with E-state index < -0.39 is 0 Å². The number of aryl methyl sites for hydroxylation is 1. The van der Waals surface area contributed by atoms with Crippen LogP contribution in [0.4, 0.5) is 0 Å². The number of aliphatic hydroxyl groups is 1. The van der Waals surface area contributed by atoms with Crippen molar-refractivity contribution >= 4 is 59.9 Å². The summed E-state index contributed by atoms with van der Waals surface area (Å²) in [6, 6.07) is 31.5. The van der Waals surface area contributed by atoms with Gasteiger partial charge in [-0.05, 0) is 89.4 Å². The van der Waals surface area contributed by atoms with Gasteiger partial charge in [-0.3, -0.25) is 4.79 Å². The van der Waals surface area contributed by atoms with E-state index in [1.54, 1.807) is 0 Å². The largest absolute Gasteiger partial charge is 0.512 e. The summed E-state index contributed by atoms with van der Waals surface area (Å²) in [5.41, 5.74) is 7.78. The summed E-state index contributed by atoms with van der Waals surface area (Å²) >= 11 is 1.81. The molecule has 1 N–H and O–H groups in total. The van der Waals surface area contributed by atoms with Gasteiger partial charge in [0, 0.05) is 64.9 Å². The molecule has 0 aliphatic heterocycles. The summed E-state index contributed by atoms with van der Waals surface area (Å²) in [4.78, 5) is 17.9. The van der Waals surface area contributed by atoms with Gasteiger partial charge in [0.15, 0.2) is 5.78 Å². The van der Waals surface area contributed by atoms with E-state index >= 15 is 0 Å². The summed E-state index contributed by atoms with van der Waals surface area (Å²) in [7, 11) is 0. The summed E-state index contributed by atoms with van der Waals surface area (Å²) in [6.07, 6.45) is 7.89. The Balaban J connectivity index is 0.000000301. The SMILES string of the molecule is CCC(CC)C(=O)/C=C(\O)C(CC)CC.Cc1c(-c2ccc(CC(C)(C)C)cc2)sc2c(-c3[c-]ccc4c3oc3ccc5ccccc5c34)nccc12.[Ir]. The van der Waals surface area contributed by atoms with Crippen molar-refractivity contribution in [2.24, 2.45) is 17.3 Å². The molecule has 0 unspecified atom stereocenters. The molecule has 0 aliphatic carbocycles. The third-order valence-electron chi connectivity index (χ3n) is 10.4. The number of rotatable bonds is 10. The van der Waals surface area contributed by atoms with Crippen LogP contribution in [0, 0.1) is 30.2 Å². The number of allylic oxidation sites excluding steroid dienone is 2. The van der Waals surface area contributed by atoms with Crippen LogP contribution >= 0.6 is 11.3 Å². The number of hydrogen-bond acceptors (Lipinski definition) is 5. The number of ketones is 1. The molecular formula is C48H52IrNO3S-. The van der Waals surface area contributed by atoms with Crippen LogP contribution in [0.15, 0.2) is 101 Å². The predicted octanol–water partition coefficient (Wildman–Crippen LogP) is 14.2. The number of aliphatic hydroxyl groups excluding tert-OH is 1. The van der Waals surface area contributed by atoms with Gasteiger partial charge in [0.25, 0.3) is 0 Å². The number of nitrogens with zero attached hydrogens (tertiary/aromatic N) is 1. The minimum absolute atomic E-state index is 0. The van der Waals surface area contributed by atoms with Gasteiger partial charge in [0.05, 0.1) is 11.3 Å². The van der Waals surface area contributed by atoms with Crippen LogP contribution in [0.5, 0.6) is 0 Å². The number of fused-ring (bicyclic) bond motifs is 6. The Morgan fingerprint density at radius 2 is 1.56 bits per heavy atom. The standard InChI is InChI=1S/C35H28NOS.C13H24O2.Ir/c1-21-25-18-19-36-31(34(25)38-33(21)24-14-12-22(13-15-24)20-35(2,3)4)28-11-7-10-27-30-26-9-6-5-8-23(26)16-17-29(30)37-32(27)28;1-5-10(6-2)12(14)9-13(15)11(7-3)8-4;/h5-10,12-19H,20H2,1-4H3;9-11,14H,5-8H2,1-4H3;/q-1;;/b;12-9-;. The van der Waals surface area contributed by atoms with Crippen molar-refractivity contribution in [3.8, 4) is 21.7 Å². The second-order valence-corrected chi connectivity index (χ2v) is 16.4. The van der Waals surface area contributed by atoms with Crippen LogP contribution in [0.3, 0.4) is 0 Å². The molecular weight excluding hydrogens is 863 g/mol. The molecule has 3 heterocycles. The Kier molecular flexibility index (Phi) is 13.4. The number of carbonyl (C=O) groups is 1. The van der Waals surface area contributed by atoms with Gasteiger partial charge in [-0.2, -0.15) is 0 Å². The Bertz CT molecular complexity index is 2400. The molecule has 0 amide bonds. The number of aromatic nitrogens is 1. The number of thiophene rings is 1. The van der Waals surface area contributed by atoms with E-state index in [2.05, 4.69) is 107 Å². The average molecular weight is 915 g/mol. The van der Waals surface area contributed by atoms with E-state index in [4.69, 9.17) is 9.40 Å². The maximum atomic E-state index is 11.7. The molecule has 0 atom stereocenters. The minimum atomic E-state index is 0. The first-order valence-corrected chi connectivity index (χ1v) is 20.0. The minimum Gasteiger partial charge on any atom is -0.512 e. The van der Waals surface area contributed by atoms with E-state index in [1.165, 1.54) is 48.5 Å². The van der Waals surface area contributed by atoms with Crippen LogP contribution in [0.1, 0.15) is 85.3 Å². The van der Waals surface area contributed by atoms with Crippen molar-refractivity contribution in [1.29, 1.82) is 0 Å². The monoisotopic (exact) mass is 915 g/mol. The maximum Gasteiger partial charge on any atom is 0.162 e. The second-order valence-electron chi connectivity index (χ2n) is 15.4. The number of benzene rings is 4. The summed E-state index contributed by atoms with van der Waals surface area (Å²) in [5.74, 6) is 0.547. The van der Waals surface area contributed by atoms with Crippen molar-refractivity contribution in [3.05, 3.63) is 114 Å². The zero-order valence-electron chi connectivity index (χ0n) is 32.8. The number of furan rings is 1. The van der Waals surface area contributed by atoms with Gasteiger partial charge in [0.2, 0.25) is 0 Å². The molecule has 4 aromatic carbocycles. The third-order valence-corrected chi connectivity index (χ3v) is 11.8. The summed E-state index contributed by atoms with van der Waals surface area (Å²) < 4.78 is 7.68. The Morgan fingerprint density at radius 3 is 2.22 bits per heavy atom. The van der Waals surface area contributed by atoms with E-state index in [0.29, 0.717) is 0 Å². The quantitative estimate of drug-likeness (QED) is 0.0843. The van der Waals surface area contributed by atoms with Crippen LogP contribution in [0.25, 0.3) is 64.5 Å². The van der Waals surface area contributed by atoms with E-state index in [0.717, 1.165) is 65.3 Å². The fourth-order valence-electron chi connectivity index (χ4n) is 7.45. The first kappa shape index (κ1) is 41.1. The molecule has 283 valence electrons. The van der Waals surface area contributed by atoms with E-state index in [9.17, 15) is 9.90 Å². The molecule has 6 heteroatoms. The zero-order valence-corrected chi connectivity index (χ0v) is 36.0. The number of hydrogen-bond donors (Lipinski definition) is 1. The second kappa shape index (κ2) is 17.6. The Morgan fingerprint density at radius 1 is 0.870 bits per heavy atom. The van der Waals surface area contributed by atoms with Crippen molar-refractivity contribution in [2.45, 2.75) is 87.5 Å². The van der Waals surface area contributed by atoms with Gasteiger partial charge in [0.1, 0.15) is 5.58 Å².